The van der Waals surface area contributed by atoms with E-state index >= 15 is 0 Å². The minimum absolute atomic E-state index is 0. The first kappa shape index (κ1) is 28.7. The fraction of sp³-hybridized carbons (Fsp3) is 0.900. The quantitative estimate of drug-likeness (QED) is 0.0946. The first-order valence-electron chi connectivity index (χ1n) is 10.1. The van der Waals surface area contributed by atoms with Crippen molar-refractivity contribution in [3.8, 4) is 0 Å². The van der Waals surface area contributed by atoms with Gasteiger partial charge < -0.3 is 41.7 Å². The number of halogens is 1. The van der Waals surface area contributed by atoms with Gasteiger partial charge in [0.25, 0.3) is 0 Å². The lowest BCUT2D eigenvalue weighted by Crippen LogP contribution is -3.00. The number of hydrogen-bond acceptors (Lipinski definition) is 3. The summed E-state index contributed by atoms with van der Waals surface area (Å²) >= 11 is 0. The SMILES string of the molecule is C=CC[N+](C)(CCCCCCCCCC)CCC[Si](OC)(OC)OC.[I-]. The van der Waals surface area contributed by atoms with Crippen molar-refractivity contribution in [3.05, 3.63) is 12.7 Å². The van der Waals surface area contributed by atoms with Crippen LogP contribution in [0.3, 0.4) is 0 Å². The predicted octanol–water partition coefficient (Wildman–Crippen LogP) is 2.03. The van der Waals surface area contributed by atoms with Gasteiger partial charge in [-0.3, -0.25) is 0 Å². The van der Waals surface area contributed by atoms with Crippen LogP contribution in [0.5, 0.6) is 0 Å². The summed E-state index contributed by atoms with van der Waals surface area (Å²) in [5.74, 6) is 0. The second kappa shape index (κ2) is 17.6. The van der Waals surface area contributed by atoms with Crippen molar-refractivity contribution in [3.63, 3.8) is 0 Å². The number of rotatable bonds is 18. The van der Waals surface area contributed by atoms with Crippen LogP contribution in [0.2, 0.25) is 6.04 Å². The minimum atomic E-state index is -2.44. The largest absolute Gasteiger partial charge is 1.00 e. The summed E-state index contributed by atoms with van der Waals surface area (Å²) in [5.41, 5.74) is 0. The van der Waals surface area contributed by atoms with Crippen LogP contribution in [0.4, 0.5) is 0 Å². The van der Waals surface area contributed by atoms with Crippen molar-refractivity contribution >= 4 is 8.80 Å². The lowest BCUT2D eigenvalue weighted by atomic mass is 10.1. The Kier molecular flexibility index (Phi) is 19.5. The fourth-order valence-electron chi connectivity index (χ4n) is 3.47. The molecule has 0 spiro atoms. The molecule has 0 heterocycles. The van der Waals surface area contributed by atoms with E-state index in [1.807, 2.05) is 0 Å². The Balaban J connectivity index is 0. The molecule has 0 fully saturated rings. The average Bonchev–Trinajstić information content (AvgIpc) is 2.62. The molecule has 0 radical (unpaired) electrons. The van der Waals surface area contributed by atoms with Crippen molar-refractivity contribution in [2.24, 2.45) is 0 Å². The highest BCUT2D eigenvalue weighted by Gasteiger charge is 2.38. The van der Waals surface area contributed by atoms with Gasteiger partial charge in [0.05, 0.1) is 26.7 Å². The van der Waals surface area contributed by atoms with Crippen LogP contribution in [-0.4, -0.2) is 61.3 Å². The zero-order chi connectivity index (χ0) is 19.0. The van der Waals surface area contributed by atoms with Gasteiger partial charge in [0.2, 0.25) is 0 Å². The molecule has 0 amide bonds. The van der Waals surface area contributed by atoms with Crippen molar-refractivity contribution < 1.29 is 41.7 Å². The maximum Gasteiger partial charge on any atom is 0.500 e. The van der Waals surface area contributed by atoms with Crippen LogP contribution in [-0.2, 0) is 13.3 Å². The first-order valence-corrected chi connectivity index (χ1v) is 12.0. The molecule has 0 rings (SSSR count). The summed E-state index contributed by atoms with van der Waals surface area (Å²) in [6.45, 7) is 9.60. The van der Waals surface area contributed by atoms with Gasteiger partial charge in [-0.1, -0.05) is 52.0 Å². The zero-order valence-electron chi connectivity index (χ0n) is 18.0. The number of hydrogen-bond donors (Lipinski definition) is 0. The van der Waals surface area contributed by atoms with Crippen LogP contribution in [0.1, 0.15) is 64.7 Å². The molecule has 0 saturated carbocycles. The molecule has 1 unspecified atom stereocenters. The van der Waals surface area contributed by atoms with Crippen LogP contribution in [0, 0.1) is 0 Å². The molecular weight excluding hydrogens is 457 g/mol. The van der Waals surface area contributed by atoms with E-state index in [2.05, 4.69) is 26.6 Å². The van der Waals surface area contributed by atoms with Crippen LogP contribution >= 0.6 is 0 Å². The fourth-order valence-corrected chi connectivity index (χ4v) is 5.17. The van der Waals surface area contributed by atoms with Crippen LogP contribution in [0.15, 0.2) is 12.7 Å². The van der Waals surface area contributed by atoms with Crippen molar-refractivity contribution in [2.75, 3.05) is 48.0 Å². The van der Waals surface area contributed by atoms with E-state index in [1.165, 1.54) is 57.9 Å². The molecule has 0 saturated heterocycles. The van der Waals surface area contributed by atoms with E-state index in [-0.39, 0.29) is 24.0 Å². The zero-order valence-corrected chi connectivity index (χ0v) is 21.2. The molecular formula is C20H44INO3Si. The summed E-state index contributed by atoms with van der Waals surface area (Å²) in [6, 6.07) is 0.874. The van der Waals surface area contributed by atoms with Gasteiger partial charge in [0.1, 0.15) is 0 Å². The summed E-state index contributed by atoms with van der Waals surface area (Å²) in [4.78, 5) is 0. The molecule has 0 bridgehead atoms. The molecule has 0 aliphatic carbocycles. The molecule has 0 aromatic carbocycles. The summed E-state index contributed by atoms with van der Waals surface area (Å²) in [7, 11) is 4.99. The summed E-state index contributed by atoms with van der Waals surface area (Å²) in [6.07, 6.45) is 14.1. The van der Waals surface area contributed by atoms with Gasteiger partial charge in [-0.2, -0.15) is 0 Å². The Bertz CT molecular complexity index is 322. The van der Waals surface area contributed by atoms with Crippen molar-refractivity contribution in [1.29, 1.82) is 0 Å². The first-order chi connectivity index (χ1) is 12.0. The third-order valence-electron chi connectivity index (χ3n) is 5.24. The topological polar surface area (TPSA) is 27.7 Å². The van der Waals surface area contributed by atoms with Gasteiger partial charge >= 0.3 is 8.80 Å². The van der Waals surface area contributed by atoms with Gasteiger partial charge in [0, 0.05) is 33.8 Å². The Morgan fingerprint density at radius 2 is 1.27 bits per heavy atom. The van der Waals surface area contributed by atoms with Crippen molar-refractivity contribution in [2.45, 2.75) is 70.8 Å². The number of unbranched alkanes of at least 4 members (excludes halogenated alkanes) is 7. The van der Waals surface area contributed by atoms with Crippen LogP contribution < -0.4 is 24.0 Å². The highest BCUT2D eigenvalue weighted by molar-refractivity contribution is 6.60. The number of quaternary nitrogens is 1. The average molecular weight is 502 g/mol. The molecule has 0 N–H and O–H groups in total. The highest BCUT2D eigenvalue weighted by Crippen LogP contribution is 2.18. The summed E-state index contributed by atoms with van der Waals surface area (Å²) in [5, 5.41) is 0. The van der Waals surface area contributed by atoms with E-state index < -0.39 is 8.80 Å². The molecule has 1 atom stereocenters. The Morgan fingerprint density at radius 3 is 1.73 bits per heavy atom. The van der Waals surface area contributed by atoms with Crippen LogP contribution in [0.25, 0.3) is 0 Å². The van der Waals surface area contributed by atoms with Crippen molar-refractivity contribution in [1.82, 2.24) is 0 Å². The Labute approximate surface area is 181 Å². The lowest BCUT2D eigenvalue weighted by Gasteiger charge is -2.34. The normalized spacial score (nSPS) is 13.9. The second-order valence-corrected chi connectivity index (χ2v) is 10.5. The summed E-state index contributed by atoms with van der Waals surface area (Å²) < 4.78 is 17.7. The Morgan fingerprint density at radius 1 is 0.808 bits per heavy atom. The van der Waals surface area contributed by atoms with E-state index in [1.54, 1.807) is 21.3 Å². The third-order valence-corrected chi connectivity index (χ3v) is 8.07. The third kappa shape index (κ3) is 12.8. The number of likely N-dealkylation sites (N-methyl/N-ethyl adjacent to an activating group) is 1. The molecule has 4 nitrogen and oxygen atoms in total. The smallest absolute Gasteiger partial charge is 0.500 e. The monoisotopic (exact) mass is 501 g/mol. The lowest BCUT2D eigenvalue weighted by molar-refractivity contribution is -0.904. The highest BCUT2D eigenvalue weighted by atomic mass is 127. The molecule has 0 aromatic heterocycles. The number of nitrogens with zero attached hydrogens (tertiary/aromatic N) is 1. The maximum atomic E-state index is 5.53. The molecule has 0 aliphatic heterocycles. The minimum Gasteiger partial charge on any atom is -1.00 e. The van der Waals surface area contributed by atoms with Gasteiger partial charge in [-0.25, -0.2) is 0 Å². The molecule has 26 heavy (non-hydrogen) atoms. The second-order valence-electron chi connectivity index (χ2n) is 7.41. The Hall–Kier alpha value is 0.527. The molecule has 0 aromatic rings. The van der Waals surface area contributed by atoms with E-state index in [0.717, 1.165) is 30.0 Å². The maximum absolute atomic E-state index is 5.53. The van der Waals surface area contributed by atoms with Gasteiger partial charge in [-0.15, -0.1) is 0 Å². The predicted molar refractivity (Wildman–Crippen MR) is 110 cm³/mol. The van der Waals surface area contributed by atoms with E-state index in [9.17, 15) is 0 Å². The van der Waals surface area contributed by atoms with E-state index in [4.69, 9.17) is 13.3 Å². The van der Waals surface area contributed by atoms with Gasteiger partial charge in [-0.05, 0) is 18.9 Å². The molecule has 158 valence electrons. The van der Waals surface area contributed by atoms with E-state index in [0.29, 0.717) is 0 Å². The van der Waals surface area contributed by atoms with Gasteiger partial charge in [0.15, 0.2) is 0 Å². The molecule has 6 heteroatoms. The standard InChI is InChI=1S/C20H44NO3Si.HI/c1-7-9-10-11-12-13-14-15-18-21(3,17-8-2)19-16-20-25(22-4,23-5)24-6;/h8H,2,7,9-20H2,1,3-6H3;1H/q+1;/p-1. The molecule has 0 aliphatic rings.